The Hall–Kier alpha value is -4.77. The third-order valence-electron chi connectivity index (χ3n) is 6.42. The van der Waals surface area contributed by atoms with Crippen LogP contribution in [0.25, 0.3) is 22.5 Å². The van der Waals surface area contributed by atoms with Gasteiger partial charge in [-0.15, -0.1) is 0 Å². The van der Waals surface area contributed by atoms with Gasteiger partial charge in [0.2, 0.25) is 5.95 Å². The Bertz CT molecular complexity index is 1540. The van der Waals surface area contributed by atoms with Crippen molar-refractivity contribution in [3.63, 3.8) is 0 Å². The molecule has 212 valence electrons. The summed E-state index contributed by atoms with van der Waals surface area (Å²) in [6, 6.07) is 15.5. The van der Waals surface area contributed by atoms with Crippen LogP contribution < -0.4 is 15.5 Å². The summed E-state index contributed by atoms with van der Waals surface area (Å²) in [5.74, 6) is 1.28. The highest BCUT2D eigenvalue weighted by atomic mass is 16.6. The van der Waals surface area contributed by atoms with Crippen molar-refractivity contribution in [3.05, 3.63) is 66.6 Å². The highest BCUT2D eigenvalue weighted by Gasteiger charge is 2.19. The lowest BCUT2D eigenvalue weighted by Crippen LogP contribution is -2.37. The Morgan fingerprint density at radius 1 is 1.02 bits per heavy atom. The lowest BCUT2D eigenvalue weighted by molar-refractivity contribution is 0.0536. The molecule has 0 atom stereocenters. The first-order valence-corrected chi connectivity index (χ1v) is 13.4. The maximum absolute atomic E-state index is 12.4. The highest BCUT2D eigenvalue weighted by molar-refractivity contribution is 5.88. The van der Waals surface area contributed by atoms with Gasteiger partial charge < -0.3 is 30.4 Å². The molecule has 1 saturated heterocycles. The molecule has 2 aromatic heterocycles. The number of hydrogen-bond donors (Lipinski definition) is 3. The Labute approximate surface area is 239 Å². The Morgan fingerprint density at radius 3 is 2.44 bits per heavy atom. The number of ether oxygens (including phenoxy) is 2. The average molecular weight is 555 g/mol. The summed E-state index contributed by atoms with van der Waals surface area (Å²) < 4.78 is 12.3. The first-order valence-electron chi connectivity index (χ1n) is 13.4. The van der Waals surface area contributed by atoms with Gasteiger partial charge in [0.05, 0.1) is 24.6 Å². The van der Waals surface area contributed by atoms with E-state index in [0.29, 0.717) is 43.8 Å². The number of carbonyl (C=O) groups excluding carboxylic acids is 1. The SMILES string of the molecule is CNc1cc(-c2cc(Nc3ccc(-c4cn(C(=O)OC(C)(C)C)cn4)cc3)nc(N3CCOCC3)n2)ccc1C=N. The molecule has 11 nitrogen and oxygen atoms in total. The van der Waals surface area contributed by atoms with E-state index < -0.39 is 11.7 Å². The van der Waals surface area contributed by atoms with Crippen molar-refractivity contribution in [2.75, 3.05) is 48.9 Å². The van der Waals surface area contributed by atoms with E-state index >= 15 is 0 Å². The van der Waals surface area contributed by atoms with Crippen LogP contribution in [-0.4, -0.2) is 70.8 Å². The van der Waals surface area contributed by atoms with Crippen LogP contribution in [0.15, 0.2) is 61.1 Å². The van der Waals surface area contributed by atoms with Gasteiger partial charge in [-0.3, -0.25) is 0 Å². The molecule has 5 rings (SSSR count). The fourth-order valence-corrected chi connectivity index (χ4v) is 4.37. The number of benzene rings is 2. The van der Waals surface area contributed by atoms with Crippen molar-refractivity contribution < 1.29 is 14.3 Å². The Balaban J connectivity index is 1.40. The second kappa shape index (κ2) is 11.8. The van der Waals surface area contributed by atoms with E-state index in [4.69, 9.17) is 24.9 Å². The number of morpholine rings is 1. The standard InChI is InChI=1S/C30H34N8O3/c1-30(2,3)41-29(39)38-18-26(33-19-38)20-7-9-23(10-8-20)34-27-16-25(21-5-6-22(17-31)24(15-21)32-4)35-28(36-27)37-11-13-40-14-12-37/h5-10,15-19,31-32H,11-14H2,1-4H3,(H,34,35,36). The fourth-order valence-electron chi connectivity index (χ4n) is 4.37. The van der Waals surface area contributed by atoms with Gasteiger partial charge in [-0.1, -0.05) is 24.3 Å². The van der Waals surface area contributed by atoms with Gasteiger partial charge in [-0.2, -0.15) is 4.98 Å². The van der Waals surface area contributed by atoms with Gasteiger partial charge in [0.25, 0.3) is 0 Å². The van der Waals surface area contributed by atoms with Crippen LogP contribution in [-0.2, 0) is 9.47 Å². The molecule has 11 heteroatoms. The zero-order chi connectivity index (χ0) is 29.0. The number of nitrogens with zero attached hydrogens (tertiary/aromatic N) is 5. The molecule has 0 spiro atoms. The Morgan fingerprint density at radius 2 is 1.76 bits per heavy atom. The molecule has 3 heterocycles. The molecule has 3 N–H and O–H groups in total. The van der Waals surface area contributed by atoms with E-state index in [0.717, 1.165) is 33.8 Å². The maximum Gasteiger partial charge on any atom is 0.419 e. The minimum absolute atomic E-state index is 0.473. The lowest BCUT2D eigenvalue weighted by Gasteiger charge is -2.27. The first kappa shape index (κ1) is 27.8. The monoisotopic (exact) mass is 554 g/mol. The van der Waals surface area contributed by atoms with Gasteiger partial charge in [0.1, 0.15) is 17.7 Å². The lowest BCUT2D eigenvalue weighted by atomic mass is 10.1. The van der Waals surface area contributed by atoms with E-state index in [2.05, 4.69) is 20.5 Å². The summed E-state index contributed by atoms with van der Waals surface area (Å²) in [5.41, 5.74) is 5.11. The summed E-state index contributed by atoms with van der Waals surface area (Å²) in [4.78, 5) is 28.5. The topological polar surface area (TPSA) is 130 Å². The zero-order valence-corrected chi connectivity index (χ0v) is 23.6. The molecule has 1 aliphatic heterocycles. The van der Waals surface area contributed by atoms with E-state index in [1.165, 1.54) is 17.1 Å². The molecule has 0 amide bonds. The van der Waals surface area contributed by atoms with Gasteiger partial charge in [-0.05, 0) is 39.0 Å². The highest BCUT2D eigenvalue weighted by Crippen LogP contribution is 2.29. The number of anilines is 4. The van der Waals surface area contributed by atoms with Crippen molar-refractivity contribution in [1.82, 2.24) is 19.5 Å². The van der Waals surface area contributed by atoms with Crippen molar-refractivity contribution in [2.24, 2.45) is 0 Å². The molecule has 2 aromatic carbocycles. The minimum Gasteiger partial charge on any atom is -0.443 e. The third-order valence-corrected chi connectivity index (χ3v) is 6.42. The molecular weight excluding hydrogens is 520 g/mol. The van der Waals surface area contributed by atoms with Crippen LogP contribution >= 0.6 is 0 Å². The van der Waals surface area contributed by atoms with Crippen LogP contribution in [0.3, 0.4) is 0 Å². The van der Waals surface area contributed by atoms with Gasteiger partial charge in [0.15, 0.2) is 0 Å². The average Bonchev–Trinajstić information content (AvgIpc) is 3.47. The smallest absolute Gasteiger partial charge is 0.419 e. The predicted octanol–water partition coefficient (Wildman–Crippen LogP) is 5.41. The van der Waals surface area contributed by atoms with Crippen molar-refractivity contribution in [2.45, 2.75) is 26.4 Å². The van der Waals surface area contributed by atoms with Crippen molar-refractivity contribution >= 4 is 35.4 Å². The van der Waals surface area contributed by atoms with Crippen LogP contribution in [0.5, 0.6) is 0 Å². The number of imidazole rings is 1. The molecular formula is C30H34N8O3. The number of aromatic nitrogens is 4. The molecule has 0 unspecified atom stereocenters. The third kappa shape index (κ3) is 6.69. The second-order valence-corrected chi connectivity index (χ2v) is 10.6. The second-order valence-electron chi connectivity index (χ2n) is 10.6. The molecule has 1 aliphatic rings. The molecule has 1 fully saturated rings. The first-order chi connectivity index (χ1) is 19.7. The summed E-state index contributed by atoms with van der Waals surface area (Å²) in [6.45, 7) is 8.15. The summed E-state index contributed by atoms with van der Waals surface area (Å²) >= 11 is 0. The summed E-state index contributed by atoms with van der Waals surface area (Å²) in [5, 5.41) is 14.2. The zero-order valence-electron chi connectivity index (χ0n) is 23.6. The molecule has 0 saturated carbocycles. The minimum atomic E-state index is -0.587. The molecule has 0 radical (unpaired) electrons. The van der Waals surface area contributed by atoms with Crippen molar-refractivity contribution in [1.29, 1.82) is 5.41 Å². The van der Waals surface area contributed by atoms with Gasteiger partial charge >= 0.3 is 6.09 Å². The number of hydrogen-bond acceptors (Lipinski definition) is 10. The predicted molar refractivity (Wildman–Crippen MR) is 161 cm³/mol. The van der Waals surface area contributed by atoms with Crippen LogP contribution in [0.2, 0.25) is 0 Å². The molecule has 4 aromatic rings. The van der Waals surface area contributed by atoms with Crippen LogP contribution in [0, 0.1) is 5.41 Å². The van der Waals surface area contributed by atoms with Gasteiger partial charge in [-0.25, -0.2) is 19.3 Å². The maximum atomic E-state index is 12.4. The number of rotatable bonds is 7. The normalized spacial score (nSPS) is 13.5. The van der Waals surface area contributed by atoms with Gasteiger partial charge in [0, 0.05) is 66.7 Å². The number of nitrogens with one attached hydrogen (secondary N) is 3. The molecule has 41 heavy (non-hydrogen) atoms. The summed E-state index contributed by atoms with van der Waals surface area (Å²) in [7, 11) is 1.84. The molecule has 0 bridgehead atoms. The van der Waals surface area contributed by atoms with E-state index in [1.807, 2.05) is 76.3 Å². The van der Waals surface area contributed by atoms with E-state index in [9.17, 15) is 4.79 Å². The Kier molecular flexibility index (Phi) is 7.97. The van der Waals surface area contributed by atoms with Crippen LogP contribution in [0.4, 0.5) is 27.9 Å². The largest absolute Gasteiger partial charge is 0.443 e. The summed E-state index contributed by atoms with van der Waals surface area (Å²) in [6.07, 6.45) is 3.97. The van der Waals surface area contributed by atoms with E-state index in [1.54, 1.807) is 6.20 Å². The quantitative estimate of drug-likeness (QED) is 0.257. The number of carbonyl (C=O) groups is 1. The van der Waals surface area contributed by atoms with Crippen LogP contribution in [0.1, 0.15) is 26.3 Å². The fraction of sp³-hybridized carbons (Fsp3) is 0.300. The molecule has 0 aliphatic carbocycles. The van der Waals surface area contributed by atoms with Crippen molar-refractivity contribution in [3.8, 4) is 22.5 Å². The van der Waals surface area contributed by atoms with E-state index in [-0.39, 0.29) is 0 Å².